The van der Waals surface area contributed by atoms with Crippen LogP contribution in [-0.4, -0.2) is 32.2 Å². The van der Waals surface area contributed by atoms with Crippen LogP contribution >= 0.6 is 27.7 Å². The fourth-order valence-corrected chi connectivity index (χ4v) is 3.08. The molecule has 102 valence electrons. The Hall–Kier alpha value is -0.820. The molecule has 0 fully saturated rings. The van der Waals surface area contributed by atoms with Gasteiger partial charge >= 0.3 is 0 Å². The quantitative estimate of drug-likeness (QED) is 0.797. The van der Waals surface area contributed by atoms with E-state index in [0.29, 0.717) is 5.56 Å². The van der Waals surface area contributed by atoms with Gasteiger partial charge in [0, 0.05) is 39.8 Å². The minimum absolute atomic E-state index is 0.0774. The number of carbonyl (C=O) groups excluding carboxylic acids is 1. The highest BCUT2D eigenvalue weighted by atomic mass is 79.9. The fourth-order valence-electron chi connectivity index (χ4n) is 1.90. The topological polar surface area (TPSA) is 73.3 Å². The smallest absolute Gasteiger partial charge is 0.185 e. The average Bonchev–Trinajstić information content (AvgIpc) is 2.80. The zero-order valence-corrected chi connectivity index (χ0v) is 12.7. The van der Waals surface area contributed by atoms with Crippen molar-refractivity contribution in [2.45, 2.75) is 19.1 Å². The third kappa shape index (κ3) is 3.20. The Kier molecular flexibility index (Phi) is 4.67. The van der Waals surface area contributed by atoms with Crippen molar-refractivity contribution in [2.75, 3.05) is 5.75 Å². The van der Waals surface area contributed by atoms with E-state index in [1.165, 1.54) is 6.92 Å². The van der Waals surface area contributed by atoms with Gasteiger partial charge in [0.2, 0.25) is 0 Å². The Morgan fingerprint density at radius 2 is 2.21 bits per heavy atom. The molecule has 2 aromatic rings. The number of hydrogen-bond acceptors (Lipinski definition) is 4. The van der Waals surface area contributed by atoms with Crippen LogP contribution in [-0.2, 0) is 4.79 Å². The molecule has 2 rings (SSSR count). The molecule has 0 aliphatic carbocycles. The number of aromatic amines is 1. The van der Waals surface area contributed by atoms with Crippen LogP contribution in [0.25, 0.3) is 10.9 Å². The largest absolute Gasteiger partial charge is 0.389 e. The van der Waals surface area contributed by atoms with Gasteiger partial charge in [0.05, 0.1) is 6.10 Å². The van der Waals surface area contributed by atoms with Crippen LogP contribution in [0.5, 0.6) is 0 Å². The van der Waals surface area contributed by atoms with Crippen molar-refractivity contribution in [3.05, 3.63) is 34.4 Å². The number of halogens is 1. The molecule has 0 aliphatic rings. The van der Waals surface area contributed by atoms with Gasteiger partial charge in [0.15, 0.2) is 5.12 Å². The van der Waals surface area contributed by atoms with Crippen LogP contribution in [0.4, 0.5) is 0 Å². The minimum atomic E-state index is -1.03. The number of aliphatic hydroxyl groups excluding tert-OH is 2. The Labute approximate surface area is 123 Å². The zero-order valence-electron chi connectivity index (χ0n) is 10.3. The zero-order chi connectivity index (χ0) is 14.0. The maximum Gasteiger partial charge on any atom is 0.185 e. The van der Waals surface area contributed by atoms with E-state index < -0.39 is 12.2 Å². The number of rotatable bonds is 4. The summed E-state index contributed by atoms with van der Waals surface area (Å²) in [5.74, 6) is 0.174. The molecule has 2 atom stereocenters. The molecule has 3 N–H and O–H groups in total. The maximum absolute atomic E-state index is 10.9. The Bertz CT molecular complexity index is 599. The molecular formula is C13H14BrNO3S. The van der Waals surface area contributed by atoms with Crippen molar-refractivity contribution in [3.63, 3.8) is 0 Å². The van der Waals surface area contributed by atoms with Crippen LogP contribution < -0.4 is 0 Å². The summed E-state index contributed by atoms with van der Waals surface area (Å²) in [7, 11) is 0. The Morgan fingerprint density at radius 1 is 1.47 bits per heavy atom. The summed E-state index contributed by atoms with van der Waals surface area (Å²) in [5.41, 5.74) is 1.51. The summed E-state index contributed by atoms with van der Waals surface area (Å²) in [6.45, 7) is 1.44. The first-order valence-corrected chi connectivity index (χ1v) is 7.53. The van der Waals surface area contributed by atoms with Gasteiger partial charge in [-0.05, 0) is 12.1 Å². The summed E-state index contributed by atoms with van der Waals surface area (Å²) < 4.78 is 0.853. The number of nitrogens with one attached hydrogen (secondary N) is 1. The highest BCUT2D eigenvalue weighted by Crippen LogP contribution is 2.32. The van der Waals surface area contributed by atoms with Crippen molar-refractivity contribution in [1.82, 2.24) is 4.98 Å². The molecule has 0 spiro atoms. The molecule has 1 heterocycles. The van der Waals surface area contributed by atoms with E-state index in [1.807, 2.05) is 18.2 Å². The monoisotopic (exact) mass is 343 g/mol. The van der Waals surface area contributed by atoms with E-state index in [-0.39, 0.29) is 10.9 Å². The van der Waals surface area contributed by atoms with Gasteiger partial charge < -0.3 is 15.2 Å². The van der Waals surface area contributed by atoms with Crippen molar-refractivity contribution in [2.24, 2.45) is 0 Å². The van der Waals surface area contributed by atoms with E-state index >= 15 is 0 Å². The van der Waals surface area contributed by atoms with Crippen LogP contribution in [0.2, 0.25) is 0 Å². The molecule has 0 amide bonds. The first-order chi connectivity index (χ1) is 9.00. The van der Waals surface area contributed by atoms with Crippen LogP contribution in [0.15, 0.2) is 28.9 Å². The summed E-state index contributed by atoms with van der Waals surface area (Å²) in [6.07, 6.45) is -0.332. The summed E-state index contributed by atoms with van der Waals surface area (Å²) in [4.78, 5) is 13.9. The van der Waals surface area contributed by atoms with Gasteiger partial charge in [-0.3, -0.25) is 4.79 Å². The summed E-state index contributed by atoms with van der Waals surface area (Å²) in [6, 6.07) is 5.66. The highest BCUT2D eigenvalue weighted by Gasteiger charge is 2.22. The number of benzene rings is 1. The Morgan fingerprint density at radius 3 is 2.89 bits per heavy atom. The van der Waals surface area contributed by atoms with E-state index in [0.717, 1.165) is 27.1 Å². The number of carbonyl (C=O) groups is 1. The lowest BCUT2D eigenvalue weighted by molar-refractivity contribution is -0.109. The molecule has 0 saturated heterocycles. The number of thioether (sulfide) groups is 1. The standard InChI is InChI=1S/C13H14BrNO3S/c1-7(16)19-6-11(17)13(18)8-5-15-10-4-2-3-9(14)12(8)10/h2-5,11,13,15,17-18H,6H2,1H3. The molecule has 1 aromatic heterocycles. The normalized spacial score (nSPS) is 14.5. The van der Waals surface area contributed by atoms with E-state index in [2.05, 4.69) is 20.9 Å². The van der Waals surface area contributed by atoms with Crippen molar-refractivity contribution in [1.29, 1.82) is 0 Å². The number of H-pyrrole nitrogens is 1. The molecule has 0 bridgehead atoms. The second-order valence-corrected chi connectivity index (χ2v) is 6.27. The SMILES string of the molecule is CC(=O)SCC(O)C(O)c1c[nH]c2cccc(Br)c12. The predicted molar refractivity (Wildman–Crippen MR) is 80.1 cm³/mol. The molecular weight excluding hydrogens is 330 g/mol. The Balaban J connectivity index is 2.26. The maximum atomic E-state index is 10.9. The molecule has 0 aliphatic heterocycles. The van der Waals surface area contributed by atoms with Gasteiger partial charge in [-0.15, -0.1) is 0 Å². The number of aliphatic hydroxyl groups is 2. The third-order valence-corrected chi connectivity index (χ3v) is 4.40. The van der Waals surface area contributed by atoms with Gasteiger partial charge in [-0.25, -0.2) is 0 Å². The molecule has 0 radical (unpaired) electrons. The van der Waals surface area contributed by atoms with Crippen molar-refractivity contribution >= 4 is 43.7 Å². The molecule has 0 saturated carbocycles. The average molecular weight is 344 g/mol. The lowest BCUT2D eigenvalue weighted by Gasteiger charge is -2.16. The molecule has 6 heteroatoms. The van der Waals surface area contributed by atoms with Gasteiger partial charge in [-0.2, -0.15) is 0 Å². The van der Waals surface area contributed by atoms with Crippen molar-refractivity contribution < 1.29 is 15.0 Å². The third-order valence-electron chi connectivity index (χ3n) is 2.83. The van der Waals surface area contributed by atoms with Gasteiger partial charge in [-0.1, -0.05) is 33.8 Å². The van der Waals surface area contributed by atoms with Crippen LogP contribution in [0.3, 0.4) is 0 Å². The number of fused-ring (bicyclic) bond motifs is 1. The van der Waals surface area contributed by atoms with E-state index in [1.54, 1.807) is 6.20 Å². The number of aromatic nitrogens is 1. The number of hydrogen-bond donors (Lipinski definition) is 3. The van der Waals surface area contributed by atoms with Crippen LogP contribution in [0, 0.1) is 0 Å². The predicted octanol–water partition coefficient (Wildman–Crippen LogP) is 2.60. The molecule has 4 nitrogen and oxygen atoms in total. The molecule has 19 heavy (non-hydrogen) atoms. The summed E-state index contributed by atoms with van der Waals surface area (Å²) in [5, 5.41) is 20.9. The van der Waals surface area contributed by atoms with Gasteiger partial charge in [0.25, 0.3) is 0 Å². The lowest BCUT2D eigenvalue weighted by Crippen LogP contribution is -2.21. The highest BCUT2D eigenvalue weighted by molar-refractivity contribution is 9.10. The lowest BCUT2D eigenvalue weighted by atomic mass is 10.0. The minimum Gasteiger partial charge on any atom is -0.389 e. The summed E-state index contributed by atoms with van der Waals surface area (Å²) >= 11 is 4.44. The fraction of sp³-hybridized carbons (Fsp3) is 0.308. The van der Waals surface area contributed by atoms with E-state index in [9.17, 15) is 15.0 Å². The first kappa shape index (κ1) is 14.6. The molecule has 1 aromatic carbocycles. The van der Waals surface area contributed by atoms with Crippen molar-refractivity contribution in [3.8, 4) is 0 Å². The molecule has 2 unspecified atom stereocenters. The van der Waals surface area contributed by atoms with Crippen LogP contribution in [0.1, 0.15) is 18.6 Å². The second-order valence-electron chi connectivity index (χ2n) is 4.22. The van der Waals surface area contributed by atoms with E-state index in [4.69, 9.17) is 0 Å². The van der Waals surface area contributed by atoms with Gasteiger partial charge in [0.1, 0.15) is 6.10 Å². The first-order valence-electron chi connectivity index (χ1n) is 5.75. The second kappa shape index (κ2) is 6.09.